The molecule has 2 aromatic carbocycles. The van der Waals surface area contributed by atoms with Crippen LogP contribution in [0.5, 0.6) is 5.75 Å². The van der Waals surface area contributed by atoms with Crippen molar-refractivity contribution in [1.29, 1.82) is 0 Å². The number of oxazole rings is 1. The quantitative estimate of drug-likeness (QED) is 0.309. The molecule has 0 fully saturated rings. The summed E-state index contributed by atoms with van der Waals surface area (Å²) in [4.78, 5) is 31.7. The molecule has 9 heteroatoms. The molecule has 2 aromatic heterocycles. The first kappa shape index (κ1) is 26.2. The molecule has 0 saturated carbocycles. The third kappa shape index (κ3) is 6.19. The monoisotopic (exact) mass is 531 g/mol. The van der Waals surface area contributed by atoms with E-state index < -0.39 is 0 Å². The normalized spacial score (nSPS) is 14.8. The van der Waals surface area contributed by atoms with Gasteiger partial charge >= 0.3 is 0 Å². The summed E-state index contributed by atoms with van der Waals surface area (Å²) in [7, 11) is 0. The Labute approximate surface area is 225 Å². The second-order valence-corrected chi connectivity index (χ2v) is 9.93. The third-order valence-electron chi connectivity index (χ3n) is 6.58. The van der Waals surface area contributed by atoms with Gasteiger partial charge < -0.3 is 23.8 Å². The van der Waals surface area contributed by atoms with E-state index in [0.29, 0.717) is 30.9 Å². The molecule has 1 N–H and O–H groups in total. The molecule has 0 saturated heterocycles. The lowest BCUT2D eigenvalue weighted by atomic mass is 9.87. The van der Waals surface area contributed by atoms with Crippen LogP contribution in [0, 0.1) is 11.7 Å². The lowest BCUT2D eigenvalue weighted by molar-refractivity contribution is -0.134. The van der Waals surface area contributed by atoms with Crippen LogP contribution in [-0.4, -0.2) is 28.2 Å². The van der Waals surface area contributed by atoms with E-state index in [9.17, 15) is 14.0 Å². The SMILES string of the molecule is CC(C)CC(=O)N1CCc2ccc(OCc3nc(C(=O)NCc4ccco4)co3)cc2[C@H]1c1ccc(F)cc1. The molecule has 1 atom stereocenters. The highest BCUT2D eigenvalue weighted by molar-refractivity contribution is 5.91. The van der Waals surface area contributed by atoms with Crippen LogP contribution in [0.4, 0.5) is 4.39 Å². The fourth-order valence-corrected chi connectivity index (χ4v) is 4.72. The standard InChI is InChI=1S/C30H30FN3O5/c1-19(2)14-28(35)34-12-11-20-7-10-23(15-25(20)29(34)21-5-8-22(31)9-6-21)38-18-27-33-26(17-39-27)30(36)32-16-24-4-3-13-37-24/h3-10,13,15,17,19,29H,11-12,14,16,18H2,1-2H3,(H,32,36)/t29-/m1/s1. The maximum Gasteiger partial charge on any atom is 0.273 e. The molecule has 0 bridgehead atoms. The summed E-state index contributed by atoms with van der Waals surface area (Å²) >= 11 is 0. The van der Waals surface area contributed by atoms with Crippen molar-refractivity contribution in [2.75, 3.05) is 6.54 Å². The summed E-state index contributed by atoms with van der Waals surface area (Å²) in [6.07, 6.45) is 3.97. The van der Waals surface area contributed by atoms with Gasteiger partial charge in [-0.05, 0) is 65.4 Å². The first-order valence-electron chi connectivity index (χ1n) is 12.9. The van der Waals surface area contributed by atoms with E-state index in [4.69, 9.17) is 13.6 Å². The van der Waals surface area contributed by atoms with Gasteiger partial charge in [-0.25, -0.2) is 9.37 Å². The number of amides is 2. The summed E-state index contributed by atoms with van der Waals surface area (Å²) in [6.45, 7) is 4.88. The number of nitrogens with zero attached hydrogens (tertiary/aromatic N) is 2. The Morgan fingerprint density at radius 3 is 2.72 bits per heavy atom. The first-order chi connectivity index (χ1) is 18.9. The summed E-state index contributed by atoms with van der Waals surface area (Å²) in [5.41, 5.74) is 3.02. The number of nitrogens with one attached hydrogen (secondary N) is 1. The summed E-state index contributed by atoms with van der Waals surface area (Å²) in [5, 5.41) is 2.72. The van der Waals surface area contributed by atoms with Gasteiger partial charge in [0.2, 0.25) is 11.8 Å². The van der Waals surface area contributed by atoms with E-state index >= 15 is 0 Å². The molecular formula is C30H30FN3O5. The zero-order valence-electron chi connectivity index (χ0n) is 21.9. The minimum Gasteiger partial charge on any atom is -0.484 e. The van der Waals surface area contributed by atoms with Crippen LogP contribution in [0.15, 0.2) is 76.0 Å². The van der Waals surface area contributed by atoms with E-state index in [0.717, 1.165) is 16.7 Å². The molecule has 0 radical (unpaired) electrons. The van der Waals surface area contributed by atoms with Gasteiger partial charge in [-0.15, -0.1) is 0 Å². The Bertz CT molecular complexity index is 1430. The predicted molar refractivity (Wildman–Crippen MR) is 140 cm³/mol. The Morgan fingerprint density at radius 1 is 1.15 bits per heavy atom. The van der Waals surface area contributed by atoms with E-state index in [1.165, 1.54) is 24.7 Å². The van der Waals surface area contributed by atoms with E-state index in [1.807, 2.05) is 36.9 Å². The molecule has 5 rings (SSSR count). The zero-order chi connectivity index (χ0) is 27.4. The number of ether oxygens (including phenoxy) is 1. The van der Waals surface area contributed by atoms with Crippen molar-refractivity contribution < 1.29 is 27.6 Å². The number of aromatic nitrogens is 1. The van der Waals surface area contributed by atoms with Crippen LogP contribution in [0.25, 0.3) is 0 Å². The van der Waals surface area contributed by atoms with Crippen LogP contribution < -0.4 is 10.1 Å². The second-order valence-electron chi connectivity index (χ2n) is 9.93. The minimum absolute atomic E-state index is 0.0153. The highest BCUT2D eigenvalue weighted by atomic mass is 19.1. The van der Waals surface area contributed by atoms with Crippen molar-refractivity contribution in [3.8, 4) is 5.75 Å². The van der Waals surface area contributed by atoms with Gasteiger partial charge in [-0.3, -0.25) is 9.59 Å². The largest absolute Gasteiger partial charge is 0.484 e. The molecule has 1 aliphatic heterocycles. The van der Waals surface area contributed by atoms with E-state index in [2.05, 4.69) is 10.3 Å². The zero-order valence-corrected chi connectivity index (χ0v) is 21.9. The summed E-state index contributed by atoms with van der Waals surface area (Å²) in [5.74, 6) is 1.02. The highest BCUT2D eigenvalue weighted by Gasteiger charge is 2.32. The molecule has 0 aliphatic carbocycles. The topological polar surface area (TPSA) is 97.8 Å². The van der Waals surface area contributed by atoms with Crippen molar-refractivity contribution in [2.24, 2.45) is 5.92 Å². The number of furan rings is 1. The summed E-state index contributed by atoms with van der Waals surface area (Å²) < 4.78 is 30.3. The van der Waals surface area contributed by atoms with Crippen molar-refractivity contribution >= 4 is 11.8 Å². The van der Waals surface area contributed by atoms with Crippen LogP contribution in [0.2, 0.25) is 0 Å². The molecule has 4 aromatic rings. The number of rotatable bonds is 9. The first-order valence-corrected chi connectivity index (χ1v) is 12.9. The van der Waals surface area contributed by atoms with Gasteiger partial charge in [0.1, 0.15) is 23.6 Å². The fraction of sp³-hybridized carbons (Fsp3) is 0.300. The fourth-order valence-electron chi connectivity index (χ4n) is 4.72. The number of carbonyl (C=O) groups excluding carboxylic acids is 2. The van der Waals surface area contributed by atoms with Crippen molar-refractivity contribution in [3.63, 3.8) is 0 Å². The van der Waals surface area contributed by atoms with E-state index in [-0.39, 0.29) is 54.3 Å². The maximum absolute atomic E-state index is 13.7. The Kier molecular flexibility index (Phi) is 7.76. The molecule has 39 heavy (non-hydrogen) atoms. The maximum atomic E-state index is 13.7. The smallest absolute Gasteiger partial charge is 0.273 e. The van der Waals surface area contributed by atoms with Crippen LogP contribution in [-0.2, 0) is 24.4 Å². The van der Waals surface area contributed by atoms with E-state index in [1.54, 1.807) is 24.3 Å². The third-order valence-corrected chi connectivity index (χ3v) is 6.58. The molecule has 8 nitrogen and oxygen atoms in total. The molecule has 2 amide bonds. The molecule has 3 heterocycles. The lowest BCUT2D eigenvalue weighted by Gasteiger charge is -2.38. The van der Waals surface area contributed by atoms with Crippen LogP contribution >= 0.6 is 0 Å². The average Bonchev–Trinajstić information content (AvgIpc) is 3.62. The van der Waals surface area contributed by atoms with Gasteiger partial charge in [0.15, 0.2) is 12.3 Å². The number of fused-ring (bicyclic) bond motifs is 1. The van der Waals surface area contributed by atoms with Gasteiger partial charge in [-0.2, -0.15) is 0 Å². The Balaban J connectivity index is 1.32. The van der Waals surface area contributed by atoms with Gasteiger partial charge in [0.05, 0.1) is 18.8 Å². The molecule has 202 valence electrons. The van der Waals surface area contributed by atoms with Crippen molar-refractivity contribution in [2.45, 2.75) is 45.9 Å². The predicted octanol–water partition coefficient (Wildman–Crippen LogP) is 5.44. The average molecular weight is 532 g/mol. The molecular weight excluding hydrogens is 501 g/mol. The number of benzene rings is 2. The Hall–Kier alpha value is -4.40. The van der Waals surface area contributed by atoms with Gasteiger partial charge in [-0.1, -0.05) is 32.0 Å². The van der Waals surface area contributed by atoms with Crippen molar-refractivity contribution in [3.05, 3.63) is 107 Å². The van der Waals surface area contributed by atoms with Gasteiger partial charge in [0.25, 0.3) is 5.91 Å². The molecule has 1 aliphatic rings. The molecule has 0 unspecified atom stereocenters. The minimum atomic E-state index is -0.386. The summed E-state index contributed by atoms with van der Waals surface area (Å²) in [6, 6.07) is 15.2. The van der Waals surface area contributed by atoms with Gasteiger partial charge in [0, 0.05) is 13.0 Å². The second kappa shape index (κ2) is 11.6. The lowest BCUT2D eigenvalue weighted by Crippen LogP contribution is -2.41. The number of hydrogen-bond donors (Lipinski definition) is 1. The van der Waals surface area contributed by atoms with Crippen LogP contribution in [0.3, 0.4) is 0 Å². The van der Waals surface area contributed by atoms with Crippen LogP contribution in [0.1, 0.15) is 65.1 Å². The van der Waals surface area contributed by atoms with Crippen molar-refractivity contribution in [1.82, 2.24) is 15.2 Å². The number of carbonyl (C=O) groups is 2. The number of hydrogen-bond acceptors (Lipinski definition) is 6. The molecule has 0 spiro atoms. The Morgan fingerprint density at radius 2 is 1.97 bits per heavy atom. The highest BCUT2D eigenvalue weighted by Crippen LogP contribution is 2.38. The number of halogens is 1.